The summed E-state index contributed by atoms with van der Waals surface area (Å²) in [6.07, 6.45) is 8.08. The minimum atomic E-state index is -0.391. The maximum atomic E-state index is 12.0. The first-order chi connectivity index (χ1) is 14.7. The highest BCUT2D eigenvalue weighted by molar-refractivity contribution is 5.95. The van der Waals surface area contributed by atoms with E-state index in [2.05, 4.69) is 39.5 Å². The van der Waals surface area contributed by atoms with Crippen LogP contribution in [0.3, 0.4) is 0 Å². The number of pyridine rings is 2. The molecule has 0 bridgehead atoms. The van der Waals surface area contributed by atoms with Gasteiger partial charge >= 0.3 is 5.97 Å². The smallest absolute Gasteiger partial charge is 0.340 e. The first-order valence-electron chi connectivity index (χ1n) is 9.94. The molecule has 6 heteroatoms. The number of carbonyl (C=O) groups excluding carboxylic acids is 1. The van der Waals surface area contributed by atoms with Gasteiger partial charge in [0.15, 0.2) is 0 Å². The van der Waals surface area contributed by atoms with Gasteiger partial charge in [-0.15, -0.1) is 0 Å². The maximum absolute atomic E-state index is 12.0. The van der Waals surface area contributed by atoms with E-state index >= 15 is 0 Å². The Kier molecular flexibility index (Phi) is 5.75. The molecule has 1 aliphatic carbocycles. The van der Waals surface area contributed by atoms with E-state index in [1.54, 1.807) is 18.5 Å². The molecule has 152 valence electrons. The zero-order valence-electron chi connectivity index (χ0n) is 17.1. The highest BCUT2D eigenvalue weighted by Crippen LogP contribution is 2.32. The Hall–Kier alpha value is -3.67. The molecule has 1 aromatic carbocycles. The maximum Gasteiger partial charge on any atom is 0.340 e. The van der Waals surface area contributed by atoms with Gasteiger partial charge < -0.3 is 15.0 Å². The van der Waals surface area contributed by atoms with Crippen LogP contribution in [0.5, 0.6) is 0 Å². The van der Waals surface area contributed by atoms with Crippen LogP contribution in [0.2, 0.25) is 0 Å². The lowest BCUT2D eigenvalue weighted by molar-refractivity contribution is 0.0601. The van der Waals surface area contributed by atoms with Crippen LogP contribution in [-0.2, 0) is 11.2 Å². The molecule has 0 saturated heterocycles. The monoisotopic (exact) mass is 400 g/mol. The molecule has 2 aromatic heterocycles. The van der Waals surface area contributed by atoms with Gasteiger partial charge in [-0.05, 0) is 55.2 Å². The molecule has 1 aliphatic rings. The summed E-state index contributed by atoms with van der Waals surface area (Å²) in [5.74, 6) is 0.534. The normalized spacial score (nSPS) is 14.1. The van der Waals surface area contributed by atoms with Crippen molar-refractivity contribution in [2.75, 3.05) is 24.4 Å². The van der Waals surface area contributed by atoms with Crippen LogP contribution in [0.25, 0.3) is 5.57 Å². The molecule has 0 spiro atoms. The zero-order valence-corrected chi connectivity index (χ0v) is 17.1. The molecular formula is C24H24N4O2. The summed E-state index contributed by atoms with van der Waals surface area (Å²) in [6.45, 7) is 0. The fourth-order valence-corrected chi connectivity index (χ4v) is 3.64. The van der Waals surface area contributed by atoms with Crippen molar-refractivity contribution >= 4 is 28.7 Å². The predicted octanol–water partition coefficient (Wildman–Crippen LogP) is 4.82. The van der Waals surface area contributed by atoms with Gasteiger partial charge in [-0.1, -0.05) is 18.2 Å². The largest absolute Gasteiger partial charge is 0.465 e. The number of benzene rings is 1. The molecule has 0 atom stereocenters. The molecule has 2 heterocycles. The topological polar surface area (TPSA) is 67.3 Å². The average Bonchev–Trinajstić information content (AvgIpc) is 2.82. The molecule has 0 fully saturated rings. The van der Waals surface area contributed by atoms with Crippen LogP contribution in [-0.4, -0.2) is 30.1 Å². The number of anilines is 3. The third-order valence-electron chi connectivity index (χ3n) is 5.28. The van der Waals surface area contributed by atoms with Crippen LogP contribution in [0.4, 0.5) is 17.2 Å². The minimum Gasteiger partial charge on any atom is -0.465 e. The number of hydrogen-bond acceptors (Lipinski definition) is 6. The first kappa shape index (κ1) is 19.6. The summed E-state index contributed by atoms with van der Waals surface area (Å²) in [5.41, 5.74) is 5.58. The van der Waals surface area contributed by atoms with Crippen LogP contribution in [0.15, 0.2) is 67.1 Å². The molecule has 30 heavy (non-hydrogen) atoms. The third kappa shape index (κ3) is 4.03. The van der Waals surface area contributed by atoms with E-state index in [1.165, 1.54) is 7.11 Å². The lowest BCUT2D eigenvalue weighted by Crippen LogP contribution is -2.14. The Morgan fingerprint density at radius 2 is 1.97 bits per heavy atom. The van der Waals surface area contributed by atoms with Crippen LogP contribution in [0.1, 0.15) is 34.5 Å². The Balaban J connectivity index is 1.60. The highest BCUT2D eigenvalue weighted by atomic mass is 16.5. The molecule has 0 amide bonds. The van der Waals surface area contributed by atoms with Crippen molar-refractivity contribution < 1.29 is 9.53 Å². The Morgan fingerprint density at radius 1 is 1.13 bits per heavy atom. The van der Waals surface area contributed by atoms with Crippen LogP contribution < -0.4 is 10.2 Å². The van der Waals surface area contributed by atoms with Gasteiger partial charge in [0.05, 0.1) is 30.3 Å². The van der Waals surface area contributed by atoms with E-state index in [0.717, 1.165) is 47.6 Å². The van der Waals surface area contributed by atoms with Gasteiger partial charge in [-0.3, -0.25) is 4.98 Å². The van der Waals surface area contributed by atoms with Crippen molar-refractivity contribution in [3.05, 3.63) is 83.9 Å². The van der Waals surface area contributed by atoms with Crippen molar-refractivity contribution in [3.8, 4) is 0 Å². The average molecular weight is 400 g/mol. The number of ether oxygens (including phenoxy) is 1. The molecule has 0 unspecified atom stereocenters. The van der Waals surface area contributed by atoms with Gasteiger partial charge in [0.25, 0.3) is 0 Å². The van der Waals surface area contributed by atoms with Gasteiger partial charge in [0, 0.05) is 30.7 Å². The van der Waals surface area contributed by atoms with E-state index in [1.807, 2.05) is 31.4 Å². The summed E-state index contributed by atoms with van der Waals surface area (Å²) in [6, 6.07) is 16.0. The van der Waals surface area contributed by atoms with E-state index in [4.69, 9.17) is 9.72 Å². The number of methoxy groups -OCH3 is 1. The van der Waals surface area contributed by atoms with E-state index in [0.29, 0.717) is 11.3 Å². The summed E-state index contributed by atoms with van der Waals surface area (Å²) in [7, 11) is 3.40. The minimum absolute atomic E-state index is 0.391. The van der Waals surface area contributed by atoms with Gasteiger partial charge in [-0.2, -0.15) is 0 Å². The first-order valence-corrected chi connectivity index (χ1v) is 9.94. The Morgan fingerprint density at radius 3 is 2.77 bits per heavy atom. The number of aryl methyl sites for hydroxylation is 1. The van der Waals surface area contributed by atoms with Gasteiger partial charge in [0.1, 0.15) is 5.82 Å². The number of allylic oxidation sites excluding steroid dienone is 1. The number of fused-ring (bicyclic) bond motifs is 1. The SMILES string of the molecule is COC(=O)c1ccncc1N/C=C1\CCCc2nc(N(C)c3ccccc3)ccc21. The lowest BCUT2D eigenvalue weighted by atomic mass is 9.91. The van der Waals surface area contributed by atoms with Gasteiger partial charge in [0.2, 0.25) is 0 Å². The molecule has 0 radical (unpaired) electrons. The number of rotatable bonds is 5. The Bertz CT molecular complexity index is 1080. The van der Waals surface area contributed by atoms with E-state index in [9.17, 15) is 4.79 Å². The molecule has 0 aliphatic heterocycles. The summed E-state index contributed by atoms with van der Waals surface area (Å²) < 4.78 is 4.85. The summed E-state index contributed by atoms with van der Waals surface area (Å²) >= 11 is 0. The molecule has 0 saturated carbocycles. The number of nitrogens with one attached hydrogen (secondary N) is 1. The number of hydrogen-bond donors (Lipinski definition) is 1. The van der Waals surface area contributed by atoms with E-state index in [-0.39, 0.29) is 0 Å². The number of nitrogens with zero attached hydrogens (tertiary/aromatic N) is 3. The van der Waals surface area contributed by atoms with Crippen molar-refractivity contribution in [2.24, 2.45) is 0 Å². The number of carbonyl (C=O) groups is 1. The number of esters is 1. The quantitative estimate of drug-likeness (QED) is 0.620. The predicted molar refractivity (Wildman–Crippen MR) is 119 cm³/mol. The second-order valence-corrected chi connectivity index (χ2v) is 7.14. The van der Waals surface area contributed by atoms with Gasteiger partial charge in [-0.25, -0.2) is 9.78 Å². The van der Waals surface area contributed by atoms with Crippen molar-refractivity contribution in [1.82, 2.24) is 9.97 Å². The fourth-order valence-electron chi connectivity index (χ4n) is 3.64. The number of aromatic nitrogens is 2. The van der Waals surface area contributed by atoms with E-state index < -0.39 is 5.97 Å². The Labute approximate surface area is 176 Å². The van der Waals surface area contributed by atoms with Crippen LogP contribution in [0, 0.1) is 0 Å². The second-order valence-electron chi connectivity index (χ2n) is 7.14. The lowest BCUT2D eigenvalue weighted by Gasteiger charge is -2.23. The summed E-state index contributed by atoms with van der Waals surface area (Å²) in [5, 5.41) is 3.24. The van der Waals surface area contributed by atoms with Crippen LogP contribution >= 0.6 is 0 Å². The molecule has 3 aromatic rings. The highest BCUT2D eigenvalue weighted by Gasteiger charge is 2.18. The molecule has 4 rings (SSSR count). The molecule has 6 nitrogen and oxygen atoms in total. The molecule has 1 N–H and O–H groups in total. The standard InChI is InChI=1S/C24H24N4O2/c1-28(18-8-4-3-5-9-18)23-12-11-19-17(7-6-10-21(19)27-23)15-26-22-16-25-14-13-20(22)24(29)30-2/h3-5,8-9,11-16,26H,6-7,10H2,1-2H3/b17-15+. The summed E-state index contributed by atoms with van der Waals surface area (Å²) in [4.78, 5) is 23.1. The molecular weight excluding hydrogens is 376 g/mol. The van der Waals surface area contributed by atoms with Crippen molar-refractivity contribution in [2.45, 2.75) is 19.3 Å². The zero-order chi connectivity index (χ0) is 20.9. The van der Waals surface area contributed by atoms with Crippen molar-refractivity contribution in [3.63, 3.8) is 0 Å². The van der Waals surface area contributed by atoms with Crippen molar-refractivity contribution in [1.29, 1.82) is 0 Å². The fraction of sp³-hybridized carbons (Fsp3) is 0.208. The third-order valence-corrected chi connectivity index (χ3v) is 5.28. The number of para-hydroxylation sites is 1. The second kappa shape index (κ2) is 8.78.